The molecule has 0 aliphatic carbocycles. The standard InChI is InChI=1S/C27H32N8O2/c1-34(2)25-6-4-3-5-23(25)19-32-27(36)33-24-15-21(16-28-20-24)7-8-22-17-30-26(31-18-22)29-9-10-35-11-13-37-14-12-35/h3-6,15-18,20H,9-14,19H2,1-2H3,(H,29,30,31)(H2,32,33,36). The number of nitrogens with one attached hydrogen (secondary N) is 3. The highest BCUT2D eigenvalue weighted by molar-refractivity contribution is 5.89. The van der Waals surface area contributed by atoms with Crippen molar-refractivity contribution >= 4 is 23.4 Å². The molecule has 0 radical (unpaired) electrons. The minimum atomic E-state index is -0.314. The number of hydrogen-bond donors (Lipinski definition) is 3. The molecule has 3 heterocycles. The van der Waals surface area contributed by atoms with E-state index in [2.05, 4.69) is 47.6 Å². The van der Waals surface area contributed by atoms with Crippen LogP contribution in [0.15, 0.2) is 55.1 Å². The third kappa shape index (κ3) is 8.17. The van der Waals surface area contributed by atoms with Crippen LogP contribution in [0.25, 0.3) is 0 Å². The van der Waals surface area contributed by atoms with Gasteiger partial charge in [-0.1, -0.05) is 30.0 Å². The molecule has 0 bridgehead atoms. The van der Waals surface area contributed by atoms with Gasteiger partial charge in [-0.05, 0) is 17.7 Å². The number of rotatable bonds is 8. The van der Waals surface area contributed by atoms with Crippen molar-refractivity contribution in [2.24, 2.45) is 0 Å². The normalized spacial score (nSPS) is 13.2. The topological polar surface area (TPSA) is 108 Å². The summed E-state index contributed by atoms with van der Waals surface area (Å²) in [4.78, 5) is 29.7. The Morgan fingerprint density at radius 1 is 1.05 bits per heavy atom. The molecule has 1 saturated heterocycles. The van der Waals surface area contributed by atoms with Crippen molar-refractivity contribution in [3.63, 3.8) is 0 Å². The first-order valence-electron chi connectivity index (χ1n) is 12.2. The fraction of sp³-hybridized carbons (Fsp3) is 0.333. The van der Waals surface area contributed by atoms with Gasteiger partial charge in [0.05, 0.1) is 30.7 Å². The lowest BCUT2D eigenvalue weighted by Crippen LogP contribution is -2.39. The van der Waals surface area contributed by atoms with Crippen molar-refractivity contribution < 1.29 is 9.53 Å². The van der Waals surface area contributed by atoms with E-state index in [1.165, 1.54) is 0 Å². The Morgan fingerprint density at radius 2 is 1.81 bits per heavy atom. The van der Waals surface area contributed by atoms with Crippen LogP contribution in [0.2, 0.25) is 0 Å². The molecule has 0 unspecified atom stereocenters. The molecule has 0 atom stereocenters. The summed E-state index contributed by atoms with van der Waals surface area (Å²) < 4.78 is 5.36. The Labute approximate surface area is 217 Å². The van der Waals surface area contributed by atoms with Crippen molar-refractivity contribution in [1.82, 2.24) is 25.2 Å². The second-order valence-electron chi connectivity index (χ2n) is 8.72. The Hall–Kier alpha value is -4.20. The molecular weight excluding hydrogens is 468 g/mol. The number of para-hydroxylation sites is 1. The summed E-state index contributed by atoms with van der Waals surface area (Å²) in [5, 5.41) is 8.94. The van der Waals surface area contributed by atoms with Gasteiger partial charge in [-0.15, -0.1) is 0 Å². The molecule has 10 nitrogen and oxygen atoms in total. The van der Waals surface area contributed by atoms with Crippen molar-refractivity contribution in [3.05, 3.63) is 71.8 Å². The monoisotopic (exact) mass is 500 g/mol. The number of benzene rings is 1. The number of anilines is 3. The highest BCUT2D eigenvalue weighted by Crippen LogP contribution is 2.17. The van der Waals surface area contributed by atoms with Gasteiger partial charge in [0.15, 0.2) is 0 Å². The second-order valence-corrected chi connectivity index (χ2v) is 8.72. The summed E-state index contributed by atoms with van der Waals surface area (Å²) in [6.45, 7) is 5.59. The lowest BCUT2D eigenvalue weighted by atomic mass is 10.1. The fourth-order valence-corrected chi connectivity index (χ4v) is 3.80. The van der Waals surface area contributed by atoms with Gasteiger partial charge in [-0.25, -0.2) is 14.8 Å². The summed E-state index contributed by atoms with van der Waals surface area (Å²) in [7, 11) is 3.95. The van der Waals surface area contributed by atoms with Crippen LogP contribution < -0.4 is 20.9 Å². The lowest BCUT2D eigenvalue weighted by molar-refractivity contribution is 0.0398. The van der Waals surface area contributed by atoms with Crippen LogP contribution in [0.3, 0.4) is 0 Å². The number of carbonyl (C=O) groups excluding carboxylic acids is 1. The number of nitrogens with zero attached hydrogens (tertiary/aromatic N) is 5. The predicted octanol–water partition coefficient (Wildman–Crippen LogP) is 2.40. The van der Waals surface area contributed by atoms with Gasteiger partial charge in [-0.2, -0.15) is 0 Å². The third-order valence-corrected chi connectivity index (χ3v) is 5.73. The van der Waals surface area contributed by atoms with E-state index in [1.807, 2.05) is 43.3 Å². The molecule has 1 aliphatic rings. The quantitative estimate of drug-likeness (QED) is 0.405. The molecular formula is C27H32N8O2. The van der Waals surface area contributed by atoms with Crippen LogP contribution in [0.1, 0.15) is 16.7 Å². The number of pyridine rings is 1. The van der Waals surface area contributed by atoms with Crippen LogP contribution >= 0.6 is 0 Å². The highest BCUT2D eigenvalue weighted by atomic mass is 16.5. The van der Waals surface area contributed by atoms with Gasteiger partial charge in [0.1, 0.15) is 0 Å². The predicted molar refractivity (Wildman–Crippen MR) is 145 cm³/mol. The van der Waals surface area contributed by atoms with Crippen molar-refractivity contribution in [1.29, 1.82) is 0 Å². The van der Waals surface area contributed by atoms with Gasteiger partial charge in [0, 0.05) is 76.7 Å². The largest absolute Gasteiger partial charge is 0.379 e. The number of urea groups is 1. The Kier molecular flexibility index (Phi) is 9.23. The van der Waals surface area contributed by atoms with E-state index in [4.69, 9.17) is 4.74 Å². The number of amides is 2. The van der Waals surface area contributed by atoms with Crippen LogP contribution in [0, 0.1) is 11.8 Å². The Balaban J connectivity index is 1.26. The number of ether oxygens (including phenoxy) is 1. The number of morpholine rings is 1. The van der Waals surface area contributed by atoms with E-state index in [0.717, 1.165) is 50.6 Å². The van der Waals surface area contributed by atoms with Crippen LogP contribution in [-0.2, 0) is 11.3 Å². The molecule has 10 heteroatoms. The average molecular weight is 501 g/mol. The summed E-state index contributed by atoms with van der Waals surface area (Å²) >= 11 is 0. The van der Waals surface area contributed by atoms with E-state index in [9.17, 15) is 4.79 Å². The zero-order chi connectivity index (χ0) is 25.9. The summed E-state index contributed by atoms with van der Waals surface area (Å²) in [5.74, 6) is 6.67. The second kappa shape index (κ2) is 13.2. The molecule has 192 valence electrons. The smallest absolute Gasteiger partial charge is 0.319 e. The summed E-state index contributed by atoms with van der Waals surface area (Å²) in [6.07, 6.45) is 6.60. The Bertz CT molecular complexity index is 1230. The van der Waals surface area contributed by atoms with E-state index < -0.39 is 0 Å². The maximum absolute atomic E-state index is 12.4. The molecule has 2 aromatic heterocycles. The van der Waals surface area contributed by atoms with Crippen LogP contribution in [0.5, 0.6) is 0 Å². The van der Waals surface area contributed by atoms with Crippen LogP contribution in [-0.4, -0.2) is 79.4 Å². The summed E-state index contributed by atoms with van der Waals surface area (Å²) in [5.41, 5.74) is 4.00. The molecule has 1 aromatic carbocycles. The van der Waals surface area contributed by atoms with Crippen LogP contribution in [0.4, 0.5) is 22.1 Å². The Morgan fingerprint density at radius 3 is 2.59 bits per heavy atom. The molecule has 0 saturated carbocycles. The first-order valence-corrected chi connectivity index (χ1v) is 12.2. The van der Waals surface area contributed by atoms with Crippen molar-refractivity contribution in [2.75, 3.05) is 69.0 Å². The molecule has 1 fully saturated rings. The molecule has 2 amide bonds. The number of hydrogen-bond acceptors (Lipinski definition) is 8. The van der Waals surface area contributed by atoms with Gasteiger partial charge in [0.2, 0.25) is 5.95 Å². The first kappa shape index (κ1) is 25.9. The maximum Gasteiger partial charge on any atom is 0.319 e. The lowest BCUT2D eigenvalue weighted by Gasteiger charge is -2.26. The SMILES string of the molecule is CN(C)c1ccccc1CNC(=O)Nc1cncc(C#Cc2cnc(NCCN3CCOCC3)nc2)c1. The fourth-order valence-electron chi connectivity index (χ4n) is 3.80. The van der Waals surface area contributed by atoms with Gasteiger partial charge < -0.3 is 25.6 Å². The first-order chi connectivity index (χ1) is 18.1. The maximum atomic E-state index is 12.4. The zero-order valence-corrected chi connectivity index (χ0v) is 21.2. The van der Waals surface area contributed by atoms with Gasteiger partial charge in [-0.3, -0.25) is 9.88 Å². The zero-order valence-electron chi connectivity index (χ0n) is 21.2. The van der Waals surface area contributed by atoms with Crippen molar-refractivity contribution in [3.8, 4) is 11.8 Å². The van der Waals surface area contributed by atoms with E-state index in [1.54, 1.807) is 30.9 Å². The minimum Gasteiger partial charge on any atom is -0.379 e. The number of aromatic nitrogens is 3. The molecule has 1 aliphatic heterocycles. The molecule has 3 N–H and O–H groups in total. The third-order valence-electron chi connectivity index (χ3n) is 5.73. The van der Waals surface area contributed by atoms with Crippen molar-refractivity contribution in [2.45, 2.75) is 6.54 Å². The molecule has 0 spiro atoms. The minimum absolute atomic E-state index is 0.314. The van der Waals surface area contributed by atoms with Gasteiger partial charge in [0.25, 0.3) is 0 Å². The average Bonchev–Trinajstić information content (AvgIpc) is 2.92. The molecule has 37 heavy (non-hydrogen) atoms. The van der Waals surface area contributed by atoms with Gasteiger partial charge >= 0.3 is 6.03 Å². The molecule has 4 rings (SSSR count). The van der Waals surface area contributed by atoms with E-state index in [-0.39, 0.29) is 6.03 Å². The van der Waals surface area contributed by atoms with E-state index in [0.29, 0.717) is 29.3 Å². The molecule has 3 aromatic rings. The van der Waals surface area contributed by atoms with E-state index >= 15 is 0 Å². The number of carbonyl (C=O) groups is 1. The summed E-state index contributed by atoms with van der Waals surface area (Å²) in [6, 6.07) is 9.40. The highest BCUT2D eigenvalue weighted by Gasteiger charge is 2.09.